The Hall–Kier alpha value is -1.55. The summed E-state index contributed by atoms with van der Waals surface area (Å²) in [6, 6.07) is 7.91. The molecule has 0 bridgehead atoms. The molecule has 0 aliphatic rings. The van der Waals surface area contributed by atoms with Gasteiger partial charge < -0.3 is 0 Å². The van der Waals surface area contributed by atoms with Crippen LogP contribution in [0.4, 0.5) is 0 Å². The number of nitrogens with one attached hydrogen (secondary N) is 1. The Morgan fingerprint density at radius 2 is 1.85 bits per heavy atom. The van der Waals surface area contributed by atoms with Gasteiger partial charge in [-0.25, -0.2) is 4.99 Å². The van der Waals surface area contributed by atoms with Gasteiger partial charge in [-0.2, -0.15) is 5.10 Å². The van der Waals surface area contributed by atoms with Crippen molar-refractivity contribution in [1.29, 1.82) is 0 Å². The lowest BCUT2D eigenvalue weighted by Crippen LogP contribution is -2.15. The number of aliphatic imine (C=N–C) groups is 1. The van der Waals surface area contributed by atoms with E-state index in [9.17, 15) is 0 Å². The maximum atomic E-state index is 4.35. The molecule has 1 rings (SSSR count). The van der Waals surface area contributed by atoms with Crippen LogP contribution < -0.4 is 5.43 Å². The number of nitrogens with zero attached hydrogens (tertiary/aromatic N) is 2. The molecule has 0 radical (unpaired) electrons. The van der Waals surface area contributed by atoms with Gasteiger partial charge in [0.05, 0.1) is 5.71 Å². The minimum absolute atomic E-state index is 0.783. The predicted molar refractivity (Wildman–Crippen MR) is 90.8 cm³/mol. The summed E-state index contributed by atoms with van der Waals surface area (Å²) >= 11 is 4.27. The predicted octanol–water partition coefficient (Wildman–Crippen LogP) is 4.41. The van der Waals surface area contributed by atoms with E-state index >= 15 is 0 Å². The van der Waals surface area contributed by atoms with Gasteiger partial charge in [0.15, 0.2) is 0 Å². The van der Waals surface area contributed by atoms with Crippen LogP contribution in [-0.2, 0) is 0 Å². The maximum absolute atomic E-state index is 4.35. The quantitative estimate of drug-likeness (QED) is 0.358. The van der Waals surface area contributed by atoms with Crippen molar-refractivity contribution in [2.45, 2.75) is 45.4 Å². The summed E-state index contributed by atoms with van der Waals surface area (Å²) < 4.78 is 0. The number of hydrogen-bond acceptors (Lipinski definition) is 3. The largest absolute Gasteiger partial charge is 0.265 e. The van der Waals surface area contributed by atoms with Crippen LogP contribution in [0.3, 0.4) is 0 Å². The van der Waals surface area contributed by atoms with E-state index in [4.69, 9.17) is 0 Å². The highest BCUT2D eigenvalue weighted by atomic mass is 32.1. The van der Waals surface area contributed by atoms with Gasteiger partial charge in [0.25, 0.3) is 0 Å². The zero-order valence-corrected chi connectivity index (χ0v) is 13.5. The highest BCUT2D eigenvalue weighted by Gasteiger charge is 1.97. The average molecular weight is 289 g/mol. The van der Waals surface area contributed by atoms with E-state index in [0.717, 1.165) is 34.8 Å². The Morgan fingerprint density at radius 1 is 1.20 bits per heavy atom. The molecule has 0 unspecified atom stereocenters. The van der Waals surface area contributed by atoms with Crippen molar-refractivity contribution in [1.82, 2.24) is 5.43 Å². The summed E-state index contributed by atoms with van der Waals surface area (Å²) in [6.45, 7) is 8.12. The molecule has 0 fully saturated rings. The molecule has 20 heavy (non-hydrogen) atoms. The van der Waals surface area contributed by atoms with Gasteiger partial charge in [0.1, 0.15) is 5.84 Å². The first-order valence-corrected chi connectivity index (χ1v) is 7.27. The number of hydrogen-bond donors (Lipinski definition) is 2. The smallest absolute Gasteiger partial charge is 0.119 e. The molecule has 1 aromatic carbocycles. The highest BCUT2D eigenvalue weighted by molar-refractivity contribution is 7.80. The summed E-state index contributed by atoms with van der Waals surface area (Å²) in [5.41, 5.74) is 6.23. The Bertz CT molecular complexity index is 513. The van der Waals surface area contributed by atoms with Crippen LogP contribution in [-0.4, -0.2) is 11.5 Å². The molecular weight excluding hydrogens is 266 g/mol. The van der Waals surface area contributed by atoms with Gasteiger partial charge in [-0.05, 0) is 44.9 Å². The maximum Gasteiger partial charge on any atom is 0.119 e. The van der Waals surface area contributed by atoms with Crippen LogP contribution in [0.5, 0.6) is 0 Å². The zero-order chi connectivity index (χ0) is 15.0. The van der Waals surface area contributed by atoms with Gasteiger partial charge in [-0.3, -0.25) is 5.43 Å². The summed E-state index contributed by atoms with van der Waals surface area (Å²) in [5, 5.41) is 4.33. The minimum Gasteiger partial charge on any atom is -0.265 e. The summed E-state index contributed by atoms with van der Waals surface area (Å²) in [7, 11) is 0. The third kappa shape index (κ3) is 6.06. The Kier molecular flexibility index (Phi) is 7.09. The van der Waals surface area contributed by atoms with E-state index in [-0.39, 0.29) is 0 Å². The molecule has 0 heterocycles. The third-order valence-corrected chi connectivity index (χ3v) is 3.09. The average Bonchev–Trinajstić information content (AvgIpc) is 2.43. The van der Waals surface area contributed by atoms with E-state index in [1.807, 2.05) is 44.3 Å². The lowest BCUT2D eigenvalue weighted by Gasteiger charge is -2.03. The number of thiol groups is 1. The van der Waals surface area contributed by atoms with E-state index in [2.05, 4.69) is 42.0 Å². The van der Waals surface area contributed by atoms with Gasteiger partial charge in [0, 0.05) is 11.1 Å². The number of hydrazone groups is 1. The molecule has 0 amide bonds. The molecule has 0 saturated heterocycles. The number of allylic oxidation sites excluding steroid dienone is 1. The molecule has 0 saturated carbocycles. The molecule has 0 atom stereocenters. The number of amidine groups is 1. The molecule has 0 spiro atoms. The van der Waals surface area contributed by atoms with E-state index in [0.29, 0.717) is 0 Å². The van der Waals surface area contributed by atoms with Crippen molar-refractivity contribution in [3.8, 4) is 0 Å². The zero-order valence-electron chi connectivity index (χ0n) is 12.6. The summed E-state index contributed by atoms with van der Waals surface area (Å²) in [4.78, 5) is 5.29. The van der Waals surface area contributed by atoms with E-state index in [1.165, 1.54) is 5.57 Å². The fourth-order valence-electron chi connectivity index (χ4n) is 1.63. The van der Waals surface area contributed by atoms with Crippen molar-refractivity contribution >= 4 is 24.2 Å². The van der Waals surface area contributed by atoms with Crippen LogP contribution >= 0.6 is 12.6 Å². The first-order valence-electron chi connectivity index (χ1n) is 6.82. The number of benzene rings is 1. The topological polar surface area (TPSA) is 36.8 Å². The second kappa shape index (κ2) is 8.59. The van der Waals surface area contributed by atoms with Crippen LogP contribution in [0.2, 0.25) is 0 Å². The molecule has 0 aliphatic heterocycles. The normalized spacial score (nSPS) is 13.6. The van der Waals surface area contributed by atoms with Gasteiger partial charge in [-0.1, -0.05) is 31.1 Å². The molecular formula is C16H23N3S. The molecule has 1 aromatic rings. The molecule has 3 nitrogen and oxygen atoms in total. The molecule has 1 N–H and O–H groups in total. The Labute approximate surface area is 127 Å². The first kappa shape index (κ1) is 16.5. The van der Waals surface area contributed by atoms with Crippen molar-refractivity contribution in [2.75, 3.05) is 0 Å². The fourth-order valence-corrected chi connectivity index (χ4v) is 1.78. The molecule has 108 valence electrons. The third-order valence-electron chi connectivity index (χ3n) is 2.79. The number of rotatable bonds is 5. The van der Waals surface area contributed by atoms with Gasteiger partial charge in [-0.15, -0.1) is 12.6 Å². The Balaban J connectivity index is 2.64. The van der Waals surface area contributed by atoms with Gasteiger partial charge in [0.2, 0.25) is 0 Å². The highest BCUT2D eigenvalue weighted by Crippen LogP contribution is 2.08. The van der Waals surface area contributed by atoms with E-state index in [1.54, 1.807) is 0 Å². The lowest BCUT2D eigenvalue weighted by molar-refractivity contribution is 0.900. The van der Waals surface area contributed by atoms with Crippen molar-refractivity contribution < 1.29 is 0 Å². The van der Waals surface area contributed by atoms with Crippen molar-refractivity contribution in [3.63, 3.8) is 0 Å². The minimum atomic E-state index is 0.783. The van der Waals surface area contributed by atoms with Crippen molar-refractivity contribution in [3.05, 3.63) is 41.6 Å². The van der Waals surface area contributed by atoms with E-state index < -0.39 is 0 Å². The molecule has 4 heteroatoms. The fraction of sp³-hybridized carbons (Fsp3) is 0.375. The standard InChI is InChI=1S/C16H23N3S/c1-5-6-12(2)11-17-14(4)19-18-13(3)15-7-9-16(20)10-8-15/h7-11,20H,5-6H2,1-4H3,(H,17,19)/b12-11-,18-13+. The van der Waals surface area contributed by atoms with Crippen LogP contribution in [0.1, 0.15) is 46.1 Å². The Morgan fingerprint density at radius 3 is 2.45 bits per heavy atom. The van der Waals surface area contributed by atoms with Crippen molar-refractivity contribution in [2.24, 2.45) is 10.1 Å². The second-order valence-corrected chi connectivity index (χ2v) is 5.31. The first-order chi connectivity index (χ1) is 9.52. The SMILES string of the molecule is CCC/C(C)=C\N=C(C)N/N=C(\C)c1ccc(S)cc1. The molecule has 0 aromatic heterocycles. The summed E-state index contributed by atoms with van der Waals surface area (Å²) in [5.74, 6) is 0.783. The van der Waals surface area contributed by atoms with Crippen LogP contribution in [0, 0.1) is 0 Å². The lowest BCUT2D eigenvalue weighted by atomic mass is 10.1. The summed E-state index contributed by atoms with van der Waals surface area (Å²) in [6.07, 6.45) is 4.12. The van der Waals surface area contributed by atoms with Gasteiger partial charge >= 0.3 is 0 Å². The molecule has 0 aliphatic carbocycles. The van der Waals surface area contributed by atoms with Crippen LogP contribution in [0.15, 0.2) is 51.0 Å². The monoisotopic (exact) mass is 289 g/mol. The van der Waals surface area contributed by atoms with Crippen LogP contribution in [0.25, 0.3) is 0 Å². The second-order valence-electron chi connectivity index (χ2n) is 4.80.